The second-order valence-corrected chi connectivity index (χ2v) is 8.58. The van der Waals surface area contributed by atoms with Crippen molar-refractivity contribution in [3.63, 3.8) is 0 Å². The summed E-state index contributed by atoms with van der Waals surface area (Å²) in [6, 6.07) is 15.0. The summed E-state index contributed by atoms with van der Waals surface area (Å²) in [6.45, 7) is 4.97. The summed E-state index contributed by atoms with van der Waals surface area (Å²) in [5.41, 5.74) is 1.05. The molecule has 3 rings (SSSR count). The van der Waals surface area contributed by atoms with Gasteiger partial charge in [0.2, 0.25) is 5.91 Å². The highest BCUT2D eigenvalue weighted by Crippen LogP contribution is 2.32. The fraction of sp³-hybridized carbons (Fsp3) is 0.417. The number of carbonyl (C=O) groups is 2. The molecule has 166 valence electrons. The lowest BCUT2D eigenvalue weighted by atomic mass is 9.93. The number of rotatable bonds is 7. The van der Waals surface area contributed by atoms with Crippen LogP contribution in [0.3, 0.4) is 0 Å². The molecule has 2 aromatic rings. The highest BCUT2D eigenvalue weighted by Gasteiger charge is 2.29. The van der Waals surface area contributed by atoms with Gasteiger partial charge in [0.25, 0.3) is 5.91 Å². The highest BCUT2D eigenvalue weighted by atomic mass is 35.5. The number of hydrogen-bond acceptors (Lipinski definition) is 3. The number of halogens is 2. The molecule has 0 aromatic heterocycles. The monoisotopic (exact) mass is 462 g/mol. The van der Waals surface area contributed by atoms with Gasteiger partial charge < -0.3 is 15.0 Å². The molecule has 2 unspecified atom stereocenters. The van der Waals surface area contributed by atoms with Gasteiger partial charge in [-0.15, -0.1) is 0 Å². The van der Waals surface area contributed by atoms with Crippen molar-refractivity contribution in [2.75, 3.05) is 13.1 Å². The minimum Gasteiger partial charge on any atom is -0.479 e. The number of nitrogens with one attached hydrogen (secondary N) is 1. The SMILES string of the molecule is CCC(C(=O)N1CCC(NC(=O)C(C)Oc2cccc(Cl)c2Cl)CC1)c1ccccc1. The fourth-order valence-electron chi connectivity index (χ4n) is 3.84. The lowest BCUT2D eigenvalue weighted by Crippen LogP contribution is -2.50. The third-order valence-electron chi connectivity index (χ3n) is 5.65. The smallest absolute Gasteiger partial charge is 0.260 e. The van der Waals surface area contributed by atoms with E-state index in [-0.39, 0.29) is 23.8 Å². The quantitative estimate of drug-likeness (QED) is 0.625. The summed E-state index contributed by atoms with van der Waals surface area (Å²) in [7, 11) is 0. The van der Waals surface area contributed by atoms with Crippen LogP contribution in [0.15, 0.2) is 48.5 Å². The van der Waals surface area contributed by atoms with Crippen LogP contribution in [0.4, 0.5) is 0 Å². The first-order chi connectivity index (χ1) is 14.9. The van der Waals surface area contributed by atoms with E-state index in [0.29, 0.717) is 41.7 Å². The Hall–Kier alpha value is -2.24. The number of benzene rings is 2. The molecule has 2 atom stereocenters. The van der Waals surface area contributed by atoms with E-state index in [4.69, 9.17) is 27.9 Å². The van der Waals surface area contributed by atoms with Gasteiger partial charge in [0.1, 0.15) is 10.8 Å². The first-order valence-corrected chi connectivity index (χ1v) is 11.4. The average Bonchev–Trinajstić information content (AvgIpc) is 2.78. The van der Waals surface area contributed by atoms with Gasteiger partial charge in [-0.1, -0.05) is 66.5 Å². The number of hydrogen-bond donors (Lipinski definition) is 1. The molecule has 1 heterocycles. The zero-order chi connectivity index (χ0) is 22.4. The maximum atomic E-state index is 13.0. The molecule has 0 spiro atoms. The van der Waals surface area contributed by atoms with Gasteiger partial charge in [-0.3, -0.25) is 9.59 Å². The maximum Gasteiger partial charge on any atom is 0.260 e. The van der Waals surface area contributed by atoms with Crippen molar-refractivity contribution in [3.8, 4) is 5.75 Å². The average molecular weight is 463 g/mol. The molecule has 2 aromatic carbocycles. The Kier molecular flexibility index (Phi) is 8.22. The molecule has 1 aliphatic heterocycles. The molecule has 1 saturated heterocycles. The molecule has 31 heavy (non-hydrogen) atoms. The molecule has 1 aliphatic rings. The van der Waals surface area contributed by atoms with E-state index in [1.807, 2.05) is 42.2 Å². The van der Waals surface area contributed by atoms with Crippen molar-refractivity contribution in [1.29, 1.82) is 0 Å². The zero-order valence-electron chi connectivity index (χ0n) is 17.8. The predicted octanol–water partition coefficient (Wildman–Crippen LogP) is 5.06. The summed E-state index contributed by atoms with van der Waals surface area (Å²) in [4.78, 5) is 27.5. The van der Waals surface area contributed by atoms with Crippen molar-refractivity contribution in [2.24, 2.45) is 0 Å². The maximum absolute atomic E-state index is 13.0. The van der Waals surface area contributed by atoms with Gasteiger partial charge in [-0.2, -0.15) is 0 Å². The lowest BCUT2D eigenvalue weighted by molar-refractivity contribution is -0.134. The molecule has 0 saturated carbocycles. The molecule has 0 radical (unpaired) electrons. The Labute approximate surface area is 193 Å². The Balaban J connectivity index is 1.50. The number of ether oxygens (including phenoxy) is 1. The van der Waals surface area contributed by atoms with Gasteiger partial charge in [0.15, 0.2) is 6.10 Å². The normalized spacial score (nSPS) is 16.5. The molecule has 1 fully saturated rings. The first kappa shape index (κ1) is 23.4. The Morgan fingerprint density at radius 2 is 1.77 bits per heavy atom. The fourth-order valence-corrected chi connectivity index (χ4v) is 4.18. The summed E-state index contributed by atoms with van der Waals surface area (Å²) in [5, 5.41) is 3.70. The molecule has 1 N–H and O–H groups in total. The standard InChI is InChI=1S/C24H28Cl2N2O3/c1-3-19(17-8-5-4-6-9-17)24(30)28-14-12-18(13-15-28)27-23(29)16(2)31-21-11-7-10-20(25)22(21)26/h4-11,16,18-19H,3,12-15H2,1-2H3,(H,27,29). The van der Waals surface area contributed by atoms with Gasteiger partial charge in [0.05, 0.1) is 10.9 Å². The Bertz CT molecular complexity index is 899. The minimum atomic E-state index is -0.710. The van der Waals surface area contributed by atoms with Crippen LogP contribution < -0.4 is 10.1 Å². The van der Waals surface area contributed by atoms with E-state index in [1.54, 1.807) is 25.1 Å². The van der Waals surface area contributed by atoms with Crippen molar-refractivity contribution < 1.29 is 14.3 Å². The third kappa shape index (κ3) is 5.92. The van der Waals surface area contributed by atoms with E-state index in [0.717, 1.165) is 12.0 Å². The second kappa shape index (κ2) is 10.9. The molecule has 2 amide bonds. The highest BCUT2D eigenvalue weighted by molar-refractivity contribution is 6.42. The Morgan fingerprint density at radius 3 is 2.42 bits per heavy atom. The number of carbonyl (C=O) groups excluding carboxylic acids is 2. The van der Waals surface area contributed by atoms with Crippen molar-refractivity contribution >= 4 is 35.0 Å². The van der Waals surface area contributed by atoms with Gasteiger partial charge in [-0.25, -0.2) is 0 Å². The van der Waals surface area contributed by atoms with Crippen molar-refractivity contribution in [1.82, 2.24) is 10.2 Å². The van der Waals surface area contributed by atoms with Crippen molar-refractivity contribution in [3.05, 3.63) is 64.1 Å². The topological polar surface area (TPSA) is 58.6 Å². The predicted molar refractivity (Wildman–Crippen MR) is 124 cm³/mol. The van der Waals surface area contributed by atoms with Gasteiger partial charge in [-0.05, 0) is 43.9 Å². The first-order valence-electron chi connectivity index (χ1n) is 10.7. The van der Waals surface area contributed by atoms with Gasteiger partial charge in [0, 0.05) is 19.1 Å². The molecule has 0 aliphatic carbocycles. The number of amides is 2. The van der Waals surface area contributed by atoms with E-state index >= 15 is 0 Å². The third-order valence-corrected chi connectivity index (χ3v) is 6.45. The summed E-state index contributed by atoms with van der Waals surface area (Å²) in [6.07, 6.45) is 1.49. The van der Waals surface area contributed by atoms with Crippen LogP contribution >= 0.6 is 23.2 Å². The van der Waals surface area contributed by atoms with Crippen LogP contribution in [0.5, 0.6) is 5.75 Å². The molecular formula is C24H28Cl2N2O3. The van der Waals surface area contributed by atoms with Gasteiger partial charge >= 0.3 is 0 Å². The van der Waals surface area contributed by atoms with Crippen LogP contribution in [0.1, 0.15) is 44.6 Å². The number of piperidine rings is 1. The Morgan fingerprint density at radius 1 is 1.10 bits per heavy atom. The van der Waals surface area contributed by atoms with Crippen LogP contribution in [-0.2, 0) is 9.59 Å². The lowest BCUT2D eigenvalue weighted by Gasteiger charge is -2.35. The van der Waals surface area contributed by atoms with E-state index in [9.17, 15) is 9.59 Å². The van der Waals surface area contributed by atoms with E-state index < -0.39 is 6.10 Å². The van der Waals surface area contributed by atoms with E-state index in [1.165, 1.54) is 0 Å². The van der Waals surface area contributed by atoms with Crippen molar-refractivity contribution in [2.45, 2.75) is 51.2 Å². The molecular weight excluding hydrogens is 435 g/mol. The number of likely N-dealkylation sites (tertiary alicyclic amines) is 1. The van der Waals surface area contributed by atoms with Crippen LogP contribution in [-0.4, -0.2) is 41.9 Å². The zero-order valence-corrected chi connectivity index (χ0v) is 19.3. The van der Waals surface area contributed by atoms with E-state index in [2.05, 4.69) is 5.32 Å². The summed E-state index contributed by atoms with van der Waals surface area (Å²) >= 11 is 12.1. The minimum absolute atomic E-state index is 0.00855. The molecule has 5 nitrogen and oxygen atoms in total. The van der Waals surface area contributed by atoms with Crippen LogP contribution in [0.25, 0.3) is 0 Å². The molecule has 0 bridgehead atoms. The number of nitrogens with zero attached hydrogens (tertiary/aromatic N) is 1. The molecule has 7 heteroatoms. The second-order valence-electron chi connectivity index (χ2n) is 7.79. The van der Waals surface area contributed by atoms with Crippen LogP contribution in [0, 0.1) is 0 Å². The van der Waals surface area contributed by atoms with Crippen LogP contribution in [0.2, 0.25) is 10.0 Å². The summed E-state index contributed by atoms with van der Waals surface area (Å²) in [5.74, 6) is 0.203. The largest absolute Gasteiger partial charge is 0.479 e. The summed E-state index contributed by atoms with van der Waals surface area (Å²) < 4.78 is 5.69.